The molecule has 0 fully saturated rings. The van der Waals surface area contributed by atoms with Crippen LogP contribution in [0, 0.1) is 0 Å². The molecule has 0 aliphatic carbocycles. The quantitative estimate of drug-likeness (QED) is 0.848. The van der Waals surface area contributed by atoms with Gasteiger partial charge in [0, 0.05) is 10.9 Å². The molecule has 1 aromatic heterocycles. The van der Waals surface area contributed by atoms with Gasteiger partial charge in [-0.3, -0.25) is 4.57 Å². The van der Waals surface area contributed by atoms with Crippen molar-refractivity contribution in [3.8, 4) is 5.69 Å². The van der Waals surface area contributed by atoms with Gasteiger partial charge in [-0.05, 0) is 29.8 Å². The van der Waals surface area contributed by atoms with Crippen LogP contribution in [0.3, 0.4) is 0 Å². The molecule has 0 aliphatic heterocycles. The molecule has 5 heteroatoms. The molecule has 2 rings (SSSR count). The summed E-state index contributed by atoms with van der Waals surface area (Å²) in [5, 5.41) is 8.26. The van der Waals surface area contributed by atoms with Crippen molar-refractivity contribution < 1.29 is 0 Å². The summed E-state index contributed by atoms with van der Waals surface area (Å²) in [6.45, 7) is 2.02. The first-order chi connectivity index (χ1) is 7.22. The molecule has 0 bridgehead atoms. The number of halogens is 2. The van der Waals surface area contributed by atoms with Crippen LogP contribution in [0.15, 0.2) is 28.7 Å². The van der Waals surface area contributed by atoms with E-state index in [9.17, 15) is 0 Å². The molecule has 2 aromatic rings. The van der Waals surface area contributed by atoms with Crippen molar-refractivity contribution in [2.45, 2.75) is 13.3 Å². The Morgan fingerprint density at radius 1 is 1.40 bits per heavy atom. The van der Waals surface area contributed by atoms with Crippen LogP contribution in [0.5, 0.6) is 0 Å². The van der Waals surface area contributed by atoms with Gasteiger partial charge in [0.15, 0.2) is 0 Å². The first kappa shape index (κ1) is 10.6. The Morgan fingerprint density at radius 3 is 2.87 bits per heavy atom. The van der Waals surface area contributed by atoms with Crippen LogP contribution < -0.4 is 0 Å². The highest BCUT2D eigenvalue weighted by Crippen LogP contribution is 2.20. The third-order valence-corrected chi connectivity index (χ3v) is 2.81. The molecule has 15 heavy (non-hydrogen) atoms. The third kappa shape index (κ3) is 2.06. The first-order valence-corrected chi connectivity index (χ1v) is 5.75. The number of aromatic nitrogens is 3. The van der Waals surface area contributed by atoms with Gasteiger partial charge in [0.05, 0.1) is 5.69 Å². The fraction of sp³-hybridized carbons (Fsp3) is 0.200. The smallest absolute Gasteiger partial charge is 0.229 e. The minimum Gasteiger partial charge on any atom is -0.270 e. The van der Waals surface area contributed by atoms with E-state index in [0.29, 0.717) is 5.28 Å². The fourth-order valence-electron chi connectivity index (χ4n) is 1.39. The largest absolute Gasteiger partial charge is 0.270 e. The van der Waals surface area contributed by atoms with Crippen molar-refractivity contribution in [1.29, 1.82) is 0 Å². The summed E-state index contributed by atoms with van der Waals surface area (Å²) in [5.74, 6) is 0.859. The highest BCUT2D eigenvalue weighted by atomic mass is 79.9. The van der Waals surface area contributed by atoms with Gasteiger partial charge in [0.1, 0.15) is 5.82 Å². The van der Waals surface area contributed by atoms with Gasteiger partial charge in [-0.2, -0.15) is 0 Å². The Kier molecular flexibility index (Phi) is 3.07. The Balaban J connectivity index is 2.57. The average Bonchev–Trinajstić information content (AvgIpc) is 2.59. The van der Waals surface area contributed by atoms with Crippen LogP contribution in [0.4, 0.5) is 0 Å². The van der Waals surface area contributed by atoms with Crippen molar-refractivity contribution >= 4 is 27.5 Å². The number of nitrogens with zero attached hydrogens (tertiary/aromatic N) is 3. The average molecular weight is 287 g/mol. The lowest BCUT2D eigenvalue weighted by Crippen LogP contribution is -1.99. The standard InChI is InChI=1S/C10H9BrClN3/c1-2-9-13-14-10(12)15(9)8-5-3-4-7(11)6-8/h3-6H,2H2,1H3. The van der Waals surface area contributed by atoms with Crippen molar-refractivity contribution in [2.24, 2.45) is 0 Å². The van der Waals surface area contributed by atoms with Gasteiger partial charge in [-0.1, -0.05) is 28.9 Å². The summed E-state index contributed by atoms with van der Waals surface area (Å²) in [5.41, 5.74) is 0.969. The van der Waals surface area contributed by atoms with E-state index in [1.54, 1.807) is 0 Å². The zero-order valence-electron chi connectivity index (χ0n) is 8.11. The number of aryl methyl sites for hydroxylation is 1. The van der Waals surface area contributed by atoms with Gasteiger partial charge in [0.25, 0.3) is 0 Å². The molecule has 78 valence electrons. The topological polar surface area (TPSA) is 30.7 Å². The molecule has 0 saturated carbocycles. The zero-order valence-corrected chi connectivity index (χ0v) is 10.5. The van der Waals surface area contributed by atoms with Crippen LogP contribution in [-0.2, 0) is 6.42 Å². The molecule has 3 nitrogen and oxygen atoms in total. The lowest BCUT2D eigenvalue weighted by atomic mass is 10.3. The predicted molar refractivity (Wildman–Crippen MR) is 63.4 cm³/mol. The lowest BCUT2D eigenvalue weighted by molar-refractivity contribution is 0.883. The molecule has 0 spiro atoms. The van der Waals surface area contributed by atoms with E-state index in [4.69, 9.17) is 11.6 Å². The third-order valence-electron chi connectivity index (χ3n) is 2.07. The zero-order chi connectivity index (χ0) is 10.8. The molecule has 0 saturated heterocycles. The Bertz CT molecular complexity index is 481. The van der Waals surface area contributed by atoms with Crippen LogP contribution >= 0.6 is 27.5 Å². The van der Waals surface area contributed by atoms with Crippen molar-refractivity contribution in [2.75, 3.05) is 0 Å². The van der Waals surface area contributed by atoms with E-state index in [2.05, 4.69) is 26.1 Å². The van der Waals surface area contributed by atoms with Gasteiger partial charge < -0.3 is 0 Å². The molecular weight excluding hydrogens is 277 g/mol. The summed E-state index contributed by atoms with van der Waals surface area (Å²) in [6, 6.07) is 7.87. The molecule has 0 N–H and O–H groups in total. The van der Waals surface area contributed by atoms with E-state index >= 15 is 0 Å². The minimum atomic E-state index is 0.393. The Labute approximate surface area is 101 Å². The normalized spacial score (nSPS) is 10.6. The monoisotopic (exact) mass is 285 g/mol. The summed E-state index contributed by atoms with van der Waals surface area (Å²) in [6.07, 6.45) is 0.798. The molecule has 1 heterocycles. The summed E-state index contributed by atoms with van der Waals surface area (Å²) >= 11 is 9.41. The Hall–Kier alpha value is -0.870. The summed E-state index contributed by atoms with van der Waals surface area (Å²) < 4.78 is 2.85. The molecule has 0 amide bonds. The van der Waals surface area contributed by atoms with Crippen LogP contribution in [0.25, 0.3) is 5.69 Å². The number of rotatable bonds is 2. The van der Waals surface area contributed by atoms with Crippen molar-refractivity contribution in [3.05, 3.63) is 39.8 Å². The van der Waals surface area contributed by atoms with E-state index in [-0.39, 0.29) is 0 Å². The predicted octanol–water partition coefficient (Wildman–Crippen LogP) is 3.25. The second-order valence-electron chi connectivity index (χ2n) is 3.05. The van der Waals surface area contributed by atoms with Gasteiger partial charge in [-0.15, -0.1) is 10.2 Å². The highest BCUT2D eigenvalue weighted by molar-refractivity contribution is 9.10. The SMILES string of the molecule is CCc1nnc(Cl)n1-c1cccc(Br)c1. The number of hydrogen-bond acceptors (Lipinski definition) is 2. The van der Waals surface area contributed by atoms with Crippen molar-refractivity contribution in [3.63, 3.8) is 0 Å². The highest BCUT2D eigenvalue weighted by Gasteiger charge is 2.10. The Morgan fingerprint density at radius 2 is 2.20 bits per heavy atom. The van der Waals surface area contributed by atoms with Gasteiger partial charge >= 0.3 is 0 Å². The second kappa shape index (κ2) is 4.33. The second-order valence-corrected chi connectivity index (χ2v) is 4.31. The van der Waals surface area contributed by atoms with E-state index in [1.807, 2.05) is 35.8 Å². The maximum Gasteiger partial charge on any atom is 0.229 e. The lowest BCUT2D eigenvalue weighted by Gasteiger charge is -2.06. The van der Waals surface area contributed by atoms with Gasteiger partial charge in [0.2, 0.25) is 5.28 Å². The summed E-state index contributed by atoms with van der Waals surface area (Å²) in [4.78, 5) is 0. The fourth-order valence-corrected chi connectivity index (χ4v) is 2.01. The minimum absolute atomic E-state index is 0.393. The summed E-state index contributed by atoms with van der Waals surface area (Å²) in [7, 11) is 0. The van der Waals surface area contributed by atoms with Crippen LogP contribution in [0.2, 0.25) is 5.28 Å². The van der Waals surface area contributed by atoms with Gasteiger partial charge in [-0.25, -0.2) is 0 Å². The van der Waals surface area contributed by atoms with E-state index < -0.39 is 0 Å². The maximum atomic E-state index is 5.98. The molecular formula is C10H9BrClN3. The molecule has 1 aromatic carbocycles. The number of hydrogen-bond donors (Lipinski definition) is 0. The molecule has 0 unspecified atom stereocenters. The van der Waals surface area contributed by atoms with E-state index in [1.165, 1.54) is 0 Å². The van der Waals surface area contributed by atoms with Crippen LogP contribution in [-0.4, -0.2) is 14.8 Å². The maximum absolute atomic E-state index is 5.98. The molecule has 0 atom stereocenters. The van der Waals surface area contributed by atoms with E-state index in [0.717, 1.165) is 22.4 Å². The van der Waals surface area contributed by atoms with Crippen molar-refractivity contribution in [1.82, 2.24) is 14.8 Å². The molecule has 0 aliphatic rings. The van der Waals surface area contributed by atoms with Crippen LogP contribution in [0.1, 0.15) is 12.7 Å². The molecule has 0 radical (unpaired) electrons. The number of benzene rings is 1. The first-order valence-electron chi connectivity index (χ1n) is 4.58.